The van der Waals surface area contributed by atoms with E-state index < -0.39 is 26.6 Å². The molecule has 2 heterocycles. The minimum absolute atomic E-state index is 0.0671. The normalized spacial score (nSPS) is 11.6. The van der Waals surface area contributed by atoms with Crippen molar-refractivity contribution in [3.05, 3.63) is 23.5 Å². The Bertz CT molecular complexity index is 703. The van der Waals surface area contributed by atoms with E-state index in [0.717, 1.165) is 6.20 Å². The lowest BCUT2D eigenvalue weighted by Gasteiger charge is -2.02. The predicted octanol–water partition coefficient (Wildman–Crippen LogP) is -0.722. The van der Waals surface area contributed by atoms with Gasteiger partial charge in [0.25, 0.3) is 10.0 Å². The standard InChI is InChI=1S/C8H9N5O5S/c1-4-11-6(18-13-4)3-10-19(16,17)7-5(8(14)15)2-9-12-7/h2,10H,3H2,1H3,(H,9,12)(H,14,15). The molecule has 10 nitrogen and oxygen atoms in total. The van der Waals surface area contributed by atoms with Gasteiger partial charge in [-0.1, -0.05) is 5.16 Å². The van der Waals surface area contributed by atoms with Crippen LogP contribution in [0, 0.1) is 6.92 Å². The molecule has 0 radical (unpaired) electrons. The quantitative estimate of drug-likeness (QED) is 0.651. The zero-order chi connectivity index (χ0) is 14.0. The van der Waals surface area contributed by atoms with Crippen molar-refractivity contribution >= 4 is 16.0 Å². The number of H-pyrrole nitrogens is 1. The molecule has 0 atom stereocenters. The van der Waals surface area contributed by atoms with Crippen LogP contribution in [0.25, 0.3) is 0 Å². The molecule has 11 heteroatoms. The number of nitrogens with one attached hydrogen (secondary N) is 2. The van der Waals surface area contributed by atoms with Gasteiger partial charge in [-0.15, -0.1) is 0 Å². The van der Waals surface area contributed by atoms with Gasteiger partial charge in [-0.25, -0.2) is 17.9 Å². The van der Waals surface area contributed by atoms with Gasteiger partial charge in [0.1, 0.15) is 5.56 Å². The highest BCUT2D eigenvalue weighted by Crippen LogP contribution is 2.12. The minimum atomic E-state index is -4.06. The molecule has 3 N–H and O–H groups in total. The fourth-order valence-electron chi connectivity index (χ4n) is 1.27. The number of aromatic carboxylic acids is 1. The first-order chi connectivity index (χ1) is 8.90. The van der Waals surface area contributed by atoms with Crippen molar-refractivity contribution in [2.75, 3.05) is 0 Å². The monoisotopic (exact) mass is 287 g/mol. The molecule has 0 amide bonds. The van der Waals surface area contributed by atoms with Crippen LogP contribution >= 0.6 is 0 Å². The summed E-state index contributed by atoms with van der Waals surface area (Å²) in [6, 6.07) is 0. The SMILES string of the molecule is Cc1noc(CNS(=O)(=O)c2[nH]ncc2C(=O)O)n1. The van der Waals surface area contributed by atoms with E-state index in [1.807, 2.05) is 0 Å². The van der Waals surface area contributed by atoms with Crippen molar-refractivity contribution in [1.82, 2.24) is 25.1 Å². The van der Waals surface area contributed by atoms with Gasteiger partial charge >= 0.3 is 5.97 Å². The molecule has 0 unspecified atom stereocenters. The largest absolute Gasteiger partial charge is 0.478 e. The van der Waals surface area contributed by atoms with Crippen molar-refractivity contribution in [3.63, 3.8) is 0 Å². The number of sulfonamides is 1. The van der Waals surface area contributed by atoms with Crippen LogP contribution in [0.5, 0.6) is 0 Å². The number of nitrogens with zero attached hydrogens (tertiary/aromatic N) is 3. The molecule has 0 spiro atoms. The molecule has 2 aromatic rings. The maximum absolute atomic E-state index is 11.9. The molecule has 0 fully saturated rings. The Morgan fingerprint density at radius 2 is 2.32 bits per heavy atom. The fraction of sp³-hybridized carbons (Fsp3) is 0.250. The van der Waals surface area contributed by atoms with Crippen LogP contribution in [0.2, 0.25) is 0 Å². The van der Waals surface area contributed by atoms with E-state index in [-0.39, 0.29) is 12.4 Å². The molecule has 0 aliphatic rings. The number of aromatic nitrogens is 4. The van der Waals surface area contributed by atoms with E-state index in [0.29, 0.717) is 5.82 Å². The summed E-state index contributed by atoms with van der Waals surface area (Å²) in [6.07, 6.45) is 0.910. The second kappa shape index (κ2) is 4.78. The number of hydrogen-bond acceptors (Lipinski definition) is 7. The van der Waals surface area contributed by atoms with Gasteiger partial charge in [0, 0.05) is 0 Å². The summed E-state index contributed by atoms with van der Waals surface area (Å²) < 4.78 is 30.6. The van der Waals surface area contributed by atoms with Crippen LogP contribution in [-0.2, 0) is 16.6 Å². The van der Waals surface area contributed by atoms with Crippen LogP contribution < -0.4 is 4.72 Å². The Morgan fingerprint density at radius 1 is 1.58 bits per heavy atom. The summed E-state index contributed by atoms with van der Waals surface area (Å²) in [4.78, 5) is 14.6. The summed E-state index contributed by atoms with van der Waals surface area (Å²) in [6.45, 7) is 1.33. The fourth-order valence-corrected chi connectivity index (χ4v) is 2.33. The summed E-state index contributed by atoms with van der Waals surface area (Å²) in [5.41, 5.74) is -0.450. The second-order valence-electron chi connectivity index (χ2n) is 3.48. The van der Waals surface area contributed by atoms with E-state index >= 15 is 0 Å². The molecule has 2 rings (SSSR count). The smallest absolute Gasteiger partial charge is 0.340 e. The van der Waals surface area contributed by atoms with Crippen molar-refractivity contribution in [3.8, 4) is 0 Å². The molecule has 0 aromatic carbocycles. The molecule has 0 aliphatic carbocycles. The number of hydrogen-bond donors (Lipinski definition) is 3. The molecule has 0 saturated heterocycles. The van der Waals surface area contributed by atoms with Crippen molar-refractivity contribution in [1.29, 1.82) is 0 Å². The Labute approximate surface area is 106 Å². The Morgan fingerprint density at radius 3 is 2.89 bits per heavy atom. The number of aromatic amines is 1. The summed E-state index contributed by atoms with van der Waals surface area (Å²) in [7, 11) is -4.06. The molecule has 0 saturated carbocycles. The van der Waals surface area contributed by atoms with Crippen LogP contribution in [0.4, 0.5) is 0 Å². The number of rotatable bonds is 5. The zero-order valence-corrected chi connectivity index (χ0v) is 10.4. The predicted molar refractivity (Wildman–Crippen MR) is 58.6 cm³/mol. The first kappa shape index (κ1) is 13.2. The first-order valence-electron chi connectivity index (χ1n) is 4.95. The maximum Gasteiger partial charge on any atom is 0.340 e. The average molecular weight is 287 g/mol. The molecule has 0 bridgehead atoms. The van der Waals surface area contributed by atoms with Gasteiger partial charge in [-0.2, -0.15) is 10.1 Å². The van der Waals surface area contributed by atoms with Gasteiger partial charge in [0.05, 0.1) is 12.7 Å². The maximum atomic E-state index is 11.9. The van der Waals surface area contributed by atoms with Gasteiger partial charge < -0.3 is 9.63 Å². The average Bonchev–Trinajstić information content (AvgIpc) is 2.94. The number of carboxylic acids is 1. The third-order valence-corrected chi connectivity index (χ3v) is 3.46. The molecule has 0 aliphatic heterocycles. The van der Waals surface area contributed by atoms with Crippen molar-refractivity contribution < 1.29 is 22.8 Å². The number of carbonyl (C=O) groups is 1. The number of carboxylic acid groups (broad SMARTS) is 1. The molecular weight excluding hydrogens is 278 g/mol. The first-order valence-corrected chi connectivity index (χ1v) is 6.44. The minimum Gasteiger partial charge on any atom is -0.478 e. The van der Waals surface area contributed by atoms with Crippen LogP contribution in [0.1, 0.15) is 22.1 Å². The Balaban J connectivity index is 2.18. The van der Waals surface area contributed by atoms with Gasteiger partial charge in [0.2, 0.25) is 5.89 Å². The van der Waals surface area contributed by atoms with E-state index in [4.69, 9.17) is 9.63 Å². The molecule has 102 valence electrons. The third kappa shape index (κ3) is 2.77. The highest BCUT2D eigenvalue weighted by Gasteiger charge is 2.25. The molecule has 19 heavy (non-hydrogen) atoms. The lowest BCUT2D eigenvalue weighted by molar-refractivity contribution is 0.0692. The van der Waals surface area contributed by atoms with Crippen molar-refractivity contribution in [2.24, 2.45) is 0 Å². The lowest BCUT2D eigenvalue weighted by Crippen LogP contribution is -2.25. The van der Waals surface area contributed by atoms with Crippen LogP contribution in [0.3, 0.4) is 0 Å². The van der Waals surface area contributed by atoms with Crippen LogP contribution in [0.15, 0.2) is 15.7 Å². The highest BCUT2D eigenvalue weighted by molar-refractivity contribution is 7.89. The second-order valence-corrected chi connectivity index (χ2v) is 5.18. The molecule has 2 aromatic heterocycles. The highest BCUT2D eigenvalue weighted by atomic mass is 32.2. The van der Waals surface area contributed by atoms with Gasteiger partial charge in [0.15, 0.2) is 10.9 Å². The summed E-state index contributed by atoms with van der Waals surface area (Å²) >= 11 is 0. The van der Waals surface area contributed by atoms with E-state index in [2.05, 4.69) is 25.1 Å². The van der Waals surface area contributed by atoms with E-state index in [1.165, 1.54) is 0 Å². The topological polar surface area (TPSA) is 151 Å². The van der Waals surface area contributed by atoms with E-state index in [9.17, 15) is 13.2 Å². The molecular formula is C8H9N5O5S. The third-order valence-electron chi connectivity index (χ3n) is 2.09. The number of aryl methyl sites for hydroxylation is 1. The van der Waals surface area contributed by atoms with Crippen LogP contribution in [-0.4, -0.2) is 39.8 Å². The zero-order valence-electron chi connectivity index (χ0n) is 9.61. The summed E-state index contributed by atoms with van der Waals surface area (Å²) in [5, 5.41) is 17.3. The van der Waals surface area contributed by atoms with Crippen molar-refractivity contribution in [2.45, 2.75) is 18.5 Å². The van der Waals surface area contributed by atoms with E-state index in [1.54, 1.807) is 6.92 Å². The Kier molecular flexibility index (Phi) is 3.31. The van der Waals surface area contributed by atoms with Gasteiger partial charge in [-0.05, 0) is 6.92 Å². The van der Waals surface area contributed by atoms with Gasteiger partial charge in [-0.3, -0.25) is 5.10 Å². The summed E-state index contributed by atoms with van der Waals surface area (Å²) in [5.74, 6) is -0.970. The lowest BCUT2D eigenvalue weighted by atomic mass is 10.4. The Hall–Kier alpha value is -2.27.